The molecule has 2 heterocycles. The fourth-order valence-corrected chi connectivity index (χ4v) is 5.76. The van der Waals surface area contributed by atoms with Crippen LogP contribution in [0.4, 0.5) is 11.5 Å². The van der Waals surface area contributed by atoms with Gasteiger partial charge in [0.1, 0.15) is 17.2 Å². The summed E-state index contributed by atoms with van der Waals surface area (Å²) in [6, 6.07) is 12.2. The molecule has 0 atom stereocenters. The molecule has 0 unspecified atom stereocenters. The fourth-order valence-electron chi connectivity index (χ4n) is 3.74. The Balaban J connectivity index is 1.61. The lowest BCUT2D eigenvalue weighted by Crippen LogP contribution is -2.28. The molecule has 1 N–H and O–H groups in total. The van der Waals surface area contributed by atoms with Crippen molar-refractivity contribution in [3.05, 3.63) is 53.1 Å². The molecule has 33 heavy (non-hydrogen) atoms. The van der Waals surface area contributed by atoms with E-state index in [0.29, 0.717) is 62.8 Å². The minimum Gasteiger partial charge on any atom is -0.497 e. The molecular formula is C23H25ClN4O4S. The second-order valence-corrected chi connectivity index (χ2v) is 10.0. The molecule has 0 radical (unpaired) electrons. The van der Waals surface area contributed by atoms with Crippen LogP contribution in [0.25, 0.3) is 11.3 Å². The van der Waals surface area contributed by atoms with Gasteiger partial charge in [0.15, 0.2) is 5.82 Å². The number of rotatable bonds is 7. The molecule has 10 heteroatoms. The molecule has 1 saturated heterocycles. The Bertz CT molecular complexity index is 1260. The molecule has 1 fully saturated rings. The predicted octanol–water partition coefficient (Wildman–Crippen LogP) is 4.65. The van der Waals surface area contributed by atoms with E-state index < -0.39 is 10.0 Å². The van der Waals surface area contributed by atoms with Gasteiger partial charge in [0.25, 0.3) is 0 Å². The SMILES string of the molecule is COc1cc(Cl)c(Nc2ccc(-c3ccc(C)c(S(=O)(=O)N4CCCC4)c3)nn2)c(OC)c1. The second-order valence-electron chi connectivity index (χ2n) is 7.71. The van der Waals surface area contributed by atoms with Gasteiger partial charge in [0.2, 0.25) is 10.0 Å². The monoisotopic (exact) mass is 488 g/mol. The first-order chi connectivity index (χ1) is 15.8. The molecule has 0 bridgehead atoms. The molecule has 0 amide bonds. The average molecular weight is 489 g/mol. The largest absolute Gasteiger partial charge is 0.497 e. The van der Waals surface area contributed by atoms with E-state index in [9.17, 15) is 8.42 Å². The summed E-state index contributed by atoms with van der Waals surface area (Å²) in [5, 5.41) is 12.0. The highest BCUT2D eigenvalue weighted by Gasteiger charge is 2.28. The summed E-state index contributed by atoms with van der Waals surface area (Å²) < 4.78 is 38.3. The summed E-state index contributed by atoms with van der Waals surface area (Å²) >= 11 is 6.37. The lowest BCUT2D eigenvalue weighted by atomic mass is 10.1. The number of benzene rings is 2. The van der Waals surface area contributed by atoms with E-state index >= 15 is 0 Å². The number of nitrogens with zero attached hydrogens (tertiary/aromatic N) is 3. The van der Waals surface area contributed by atoms with E-state index in [-0.39, 0.29) is 0 Å². The Labute approximate surface area is 198 Å². The summed E-state index contributed by atoms with van der Waals surface area (Å²) in [5.74, 6) is 1.53. The highest BCUT2D eigenvalue weighted by atomic mass is 35.5. The number of halogens is 1. The second kappa shape index (κ2) is 9.54. The van der Waals surface area contributed by atoms with Crippen LogP contribution >= 0.6 is 11.6 Å². The smallest absolute Gasteiger partial charge is 0.243 e. The van der Waals surface area contributed by atoms with Crippen LogP contribution in [0.15, 0.2) is 47.4 Å². The van der Waals surface area contributed by atoms with Gasteiger partial charge in [-0.3, -0.25) is 0 Å². The number of sulfonamides is 1. The zero-order valence-electron chi connectivity index (χ0n) is 18.6. The van der Waals surface area contributed by atoms with Crippen molar-refractivity contribution >= 4 is 33.1 Å². The number of hydrogen-bond acceptors (Lipinski definition) is 7. The fraction of sp³-hybridized carbons (Fsp3) is 0.304. The van der Waals surface area contributed by atoms with Crippen molar-refractivity contribution < 1.29 is 17.9 Å². The third kappa shape index (κ3) is 4.75. The van der Waals surface area contributed by atoms with Crippen molar-refractivity contribution in [2.75, 3.05) is 32.6 Å². The summed E-state index contributed by atoms with van der Waals surface area (Å²) in [7, 11) is -0.444. The van der Waals surface area contributed by atoms with Crippen LogP contribution in [-0.4, -0.2) is 50.2 Å². The topological polar surface area (TPSA) is 93.7 Å². The van der Waals surface area contributed by atoms with Crippen molar-refractivity contribution in [3.63, 3.8) is 0 Å². The van der Waals surface area contributed by atoms with Gasteiger partial charge in [-0.05, 0) is 43.5 Å². The zero-order valence-corrected chi connectivity index (χ0v) is 20.2. The van der Waals surface area contributed by atoms with E-state index in [1.165, 1.54) is 7.11 Å². The molecule has 174 valence electrons. The van der Waals surface area contributed by atoms with Gasteiger partial charge >= 0.3 is 0 Å². The molecule has 0 saturated carbocycles. The Morgan fingerprint density at radius 3 is 2.39 bits per heavy atom. The first kappa shape index (κ1) is 23.3. The van der Waals surface area contributed by atoms with Crippen LogP contribution < -0.4 is 14.8 Å². The van der Waals surface area contributed by atoms with Gasteiger partial charge < -0.3 is 14.8 Å². The normalized spacial score (nSPS) is 14.3. The summed E-state index contributed by atoms with van der Waals surface area (Å²) in [4.78, 5) is 0.306. The summed E-state index contributed by atoms with van der Waals surface area (Å²) in [6.07, 6.45) is 1.78. The van der Waals surface area contributed by atoms with Gasteiger partial charge in [0, 0.05) is 30.8 Å². The van der Waals surface area contributed by atoms with Crippen molar-refractivity contribution in [1.29, 1.82) is 0 Å². The van der Waals surface area contributed by atoms with Gasteiger partial charge in [-0.25, -0.2) is 8.42 Å². The van der Waals surface area contributed by atoms with E-state index in [1.54, 1.807) is 54.7 Å². The minimum absolute atomic E-state index is 0.306. The van der Waals surface area contributed by atoms with Crippen LogP contribution in [0.2, 0.25) is 5.02 Å². The molecule has 1 aliphatic rings. The molecular weight excluding hydrogens is 464 g/mol. The van der Waals surface area contributed by atoms with Crippen LogP contribution in [0.5, 0.6) is 11.5 Å². The molecule has 2 aromatic carbocycles. The maximum Gasteiger partial charge on any atom is 0.243 e. The Kier molecular flexibility index (Phi) is 6.73. The van der Waals surface area contributed by atoms with Gasteiger partial charge in [0.05, 0.1) is 29.8 Å². The first-order valence-corrected chi connectivity index (χ1v) is 12.3. The molecule has 1 aromatic heterocycles. The van der Waals surface area contributed by atoms with E-state index in [1.807, 2.05) is 6.07 Å². The lowest BCUT2D eigenvalue weighted by Gasteiger charge is -2.18. The number of aryl methyl sites for hydroxylation is 1. The number of hydrogen-bond donors (Lipinski definition) is 1. The zero-order chi connectivity index (χ0) is 23.6. The van der Waals surface area contributed by atoms with E-state index in [2.05, 4.69) is 15.5 Å². The molecule has 0 spiro atoms. The number of nitrogens with one attached hydrogen (secondary N) is 1. The van der Waals surface area contributed by atoms with Gasteiger partial charge in [-0.2, -0.15) is 4.31 Å². The summed E-state index contributed by atoms with van der Waals surface area (Å²) in [5.41, 5.74) is 2.48. The average Bonchev–Trinajstić information content (AvgIpc) is 3.37. The number of methoxy groups -OCH3 is 2. The highest BCUT2D eigenvalue weighted by Crippen LogP contribution is 2.38. The van der Waals surface area contributed by atoms with E-state index in [0.717, 1.165) is 12.8 Å². The predicted molar refractivity (Wildman–Crippen MR) is 128 cm³/mol. The lowest BCUT2D eigenvalue weighted by molar-refractivity contribution is 0.395. The Morgan fingerprint density at radius 1 is 1.00 bits per heavy atom. The van der Waals surface area contributed by atoms with Crippen molar-refractivity contribution in [2.24, 2.45) is 0 Å². The number of anilines is 2. The molecule has 1 aliphatic heterocycles. The van der Waals surface area contributed by atoms with Gasteiger partial charge in [-0.1, -0.05) is 23.7 Å². The number of ether oxygens (including phenoxy) is 2. The standard InChI is InChI=1S/C23H25ClN4O4S/c1-15-6-7-16(12-21(15)33(29,30)28-10-4-5-11-28)19-8-9-22(27-26-19)25-23-18(24)13-17(31-2)14-20(23)32-3/h6-9,12-14H,4-5,10-11H2,1-3H3,(H,25,27). The molecule has 0 aliphatic carbocycles. The Hall–Kier alpha value is -2.88. The van der Waals surface area contributed by atoms with Crippen molar-refractivity contribution in [2.45, 2.75) is 24.7 Å². The van der Waals surface area contributed by atoms with Gasteiger partial charge in [-0.15, -0.1) is 10.2 Å². The van der Waals surface area contributed by atoms with Crippen molar-refractivity contribution in [1.82, 2.24) is 14.5 Å². The minimum atomic E-state index is -3.53. The van der Waals surface area contributed by atoms with Crippen LogP contribution in [-0.2, 0) is 10.0 Å². The quantitative estimate of drug-likeness (QED) is 0.517. The third-order valence-electron chi connectivity index (χ3n) is 5.57. The molecule has 4 rings (SSSR count). The highest BCUT2D eigenvalue weighted by molar-refractivity contribution is 7.89. The Morgan fingerprint density at radius 2 is 1.76 bits per heavy atom. The first-order valence-electron chi connectivity index (χ1n) is 10.5. The third-order valence-corrected chi connectivity index (χ3v) is 7.91. The number of aromatic nitrogens is 2. The van der Waals surface area contributed by atoms with Crippen LogP contribution in [0.1, 0.15) is 18.4 Å². The summed E-state index contributed by atoms with van der Waals surface area (Å²) in [6.45, 7) is 2.92. The van der Waals surface area contributed by atoms with Crippen LogP contribution in [0.3, 0.4) is 0 Å². The van der Waals surface area contributed by atoms with Crippen molar-refractivity contribution in [3.8, 4) is 22.8 Å². The maximum atomic E-state index is 13.1. The molecule has 8 nitrogen and oxygen atoms in total. The molecule has 3 aromatic rings. The van der Waals surface area contributed by atoms with Crippen LogP contribution in [0, 0.1) is 6.92 Å². The van der Waals surface area contributed by atoms with E-state index in [4.69, 9.17) is 21.1 Å². The maximum absolute atomic E-state index is 13.1.